The number of hydrogen-bond donors (Lipinski definition) is 0. The first kappa shape index (κ1) is 19.1. The van der Waals surface area contributed by atoms with E-state index >= 15 is 0 Å². The zero-order valence-corrected chi connectivity index (χ0v) is 13.4. The summed E-state index contributed by atoms with van der Waals surface area (Å²) in [6.07, 6.45) is -13.1. The van der Waals surface area contributed by atoms with Crippen LogP contribution >= 0.6 is 15.9 Å². The maximum absolute atomic E-state index is 12.6. The van der Waals surface area contributed by atoms with Crippen LogP contribution in [0.5, 0.6) is 0 Å². The van der Waals surface area contributed by atoms with Crippen LogP contribution in [0.1, 0.15) is 39.5 Å². The van der Waals surface area contributed by atoms with Gasteiger partial charge in [-0.15, -0.1) is 0 Å². The van der Waals surface area contributed by atoms with Crippen LogP contribution in [-0.4, -0.2) is 29.4 Å². The minimum atomic E-state index is -5.46. The van der Waals surface area contributed by atoms with E-state index < -0.39 is 24.1 Å². The molecule has 21 heavy (non-hydrogen) atoms. The van der Waals surface area contributed by atoms with Gasteiger partial charge < -0.3 is 4.74 Å². The normalized spacial score (nSPS) is 28.4. The highest BCUT2D eigenvalue weighted by molar-refractivity contribution is 9.09. The fourth-order valence-corrected chi connectivity index (χ4v) is 3.38. The summed E-state index contributed by atoms with van der Waals surface area (Å²) in [5.41, 5.74) is -1.40. The topological polar surface area (TPSA) is 9.23 Å². The van der Waals surface area contributed by atoms with Gasteiger partial charge in [0, 0.05) is 5.33 Å². The van der Waals surface area contributed by atoms with Crippen molar-refractivity contribution in [1.29, 1.82) is 0 Å². The summed E-state index contributed by atoms with van der Waals surface area (Å²) in [6, 6.07) is 0. The highest BCUT2D eigenvalue weighted by Crippen LogP contribution is 2.44. The molecule has 126 valence electrons. The zero-order valence-electron chi connectivity index (χ0n) is 11.8. The third kappa shape index (κ3) is 5.01. The summed E-state index contributed by atoms with van der Waals surface area (Å²) in [7, 11) is 0. The lowest BCUT2D eigenvalue weighted by Gasteiger charge is -2.42. The van der Waals surface area contributed by atoms with E-state index in [-0.39, 0.29) is 18.2 Å². The Hall–Kier alpha value is 0.0200. The molecule has 0 unspecified atom stereocenters. The molecular formula is C13H19BrF6O. The van der Waals surface area contributed by atoms with Gasteiger partial charge >= 0.3 is 12.4 Å². The molecule has 0 heterocycles. The van der Waals surface area contributed by atoms with E-state index in [1.807, 2.05) is 13.8 Å². The second-order valence-corrected chi connectivity index (χ2v) is 6.54. The molecule has 1 aliphatic carbocycles. The minimum Gasteiger partial charge on any atom is -0.353 e. The molecule has 1 saturated carbocycles. The fraction of sp³-hybridized carbons (Fsp3) is 1.00. The Morgan fingerprint density at radius 1 is 1.05 bits per heavy atom. The molecule has 0 aliphatic heterocycles. The van der Waals surface area contributed by atoms with Crippen molar-refractivity contribution in [3.05, 3.63) is 0 Å². The molecule has 1 rings (SSSR count). The molecule has 1 fully saturated rings. The van der Waals surface area contributed by atoms with Crippen LogP contribution in [0.2, 0.25) is 0 Å². The molecule has 8 heteroatoms. The van der Waals surface area contributed by atoms with Gasteiger partial charge in [-0.2, -0.15) is 26.3 Å². The number of hydrogen-bond acceptors (Lipinski definition) is 1. The van der Waals surface area contributed by atoms with Crippen molar-refractivity contribution < 1.29 is 31.1 Å². The summed E-state index contributed by atoms with van der Waals surface area (Å²) in [5.74, 6) is 0.676. The molecule has 0 radical (unpaired) electrons. The van der Waals surface area contributed by atoms with E-state index in [1.54, 1.807) is 0 Å². The molecule has 0 saturated heterocycles. The largest absolute Gasteiger partial charge is 0.423 e. The van der Waals surface area contributed by atoms with Crippen LogP contribution in [0.3, 0.4) is 0 Å². The molecular weight excluding hydrogens is 366 g/mol. The lowest BCUT2D eigenvalue weighted by atomic mass is 9.75. The van der Waals surface area contributed by atoms with E-state index in [1.165, 1.54) is 0 Å². The summed E-state index contributed by atoms with van der Waals surface area (Å²) in [5, 5.41) is -0.0343. The maximum atomic E-state index is 12.6. The monoisotopic (exact) mass is 384 g/mol. The van der Waals surface area contributed by atoms with Crippen LogP contribution in [0.15, 0.2) is 0 Å². The summed E-state index contributed by atoms with van der Waals surface area (Å²) in [6.45, 7) is 4.00. The fourth-order valence-electron chi connectivity index (χ4n) is 2.69. The Morgan fingerprint density at radius 2 is 1.48 bits per heavy atom. The van der Waals surface area contributed by atoms with Gasteiger partial charge in [0.1, 0.15) is 0 Å². The van der Waals surface area contributed by atoms with E-state index in [0.717, 1.165) is 0 Å². The molecule has 1 aliphatic rings. The minimum absolute atomic E-state index is 0.0343. The first-order chi connectivity index (χ1) is 9.41. The molecule has 0 atom stereocenters. The van der Waals surface area contributed by atoms with Crippen LogP contribution < -0.4 is 0 Å². The SMILES string of the molecule is CC(C)C1CCC(CBr)(OC(C(F)(F)F)C(F)(F)F)CC1. The Balaban J connectivity index is 2.86. The molecule has 0 spiro atoms. The van der Waals surface area contributed by atoms with E-state index in [2.05, 4.69) is 20.7 Å². The van der Waals surface area contributed by atoms with Gasteiger partial charge in [-0.1, -0.05) is 29.8 Å². The van der Waals surface area contributed by atoms with Gasteiger partial charge in [-0.3, -0.25) is 0 Å². The van der Waals surface area contributed by atoms with Crippen molar-refractivity contribution in [1.82, 2.24) is 0 Å². The zero-order chi connectivity index (χ0) is 16.5. The summed E-state index contributed by atoms with van der Waals surface area (Å²) in [4.78, 5) is 0. The quantitative estimate of drug-likeness (QED) is 0.460. The van der Waals surface area contributed by atoms with Crippen LogP contribution in [-0.2, 0) is 4.74 Å². The molecule has 0 aromatic carbocycles. The maximum Gasteiger partial charge on any atom is 0.423 e. The summed E-state index contributed by atoms with van der Waals surface area (Å²) >= 11 is 3.03. The van der Waals surface area contributed by atoms with Crippen molar-refractivity contribution in [3.63, 3.8) is 0 Å². The van der Waals surface area contributed by atoms with Gasteiger partial charge in [0.15, 0.2) is 0 Å². The lowest BCUT2D eigenvalue weighted by Crippen LogP contribution is -2.52. The Bertz CT molecular complexity index is 317. The third-order valence-corrected chi connectivity index (χ3v) is 5.11. The third-order valence-electron chi connectivity index (χ3n) is 4.09. The lowest BCUT2D eigenvalue weighted by molar-refractivity contribution is -0.345. The van der Waals surface area contributed by atoms with Crippen molar-refractivity contribution >= 4 is 15.9 Å². The summed E-state index contributed by atoms with van der Waals surface area (Å²) < 4.78 is 80.3. The first-order valence-electron chi connectivity index (χ1n) is 6.78. The van der Waals surface area contributed by atoms with Gasteiger partial charge in [0.2, 0.25) is 6.10 Å². The van der Waals surface area contributed by atoms with Gasteiger partial charge in [-0.25, -0.2) is 0 Å². The Labute approximate surface area is 128 Å². The number of halogens is 7. The first-order valence-corrected chi connectivity index (χ1v) is 7.90. The second kappa shape index (κ2) is 6.64. The van der Waals surface area contributed by atoms with Crippen molar-refractivity contribution in [2.75, 3.05) is 5.33 Å². The van der Waals surface area contributed by atoms with Gasteiger partial charge in [0.05, 0.1) is 5.60 Å². The van der Waals surface area contributed by atoms with Crippen molar-refractivity contribution in [2.45, 2.75) is 63.6 Å². The van der Waals surface area contributed by atoms with E-state index in [4.69, 9.17) is 0 Å². The average Bonchev–Trinajstić information content (AvgIpc) is 2.33. The van der Waals surface area contributed by atoms with E-state index in [9.17, 15) is 26.3 Å². The predicted octanol–water partition coefficient (Wildman–Crippen LogP) is 5.48. The van der Waals surface area contributed by atoms with Gasteiger partial charge in [-0.05, 0) is 37.5 Å². The van der Waals surface area contributed by atoms with Crippen LogP contribution in [0, 0.1) is 11.8 Å². The highest BCUT2D eigenvalue weighted by Gasteiger charge is 2.60. The molecule has 0 bridgehead atoms. The molecule has 1 nitrogen and oxygen atoms in total. The highest BCUT2D eigenvalue weighted by atomic mass is 79.9. The Morgan fingerprint density at radius 3 is 1.76 bits per heavy atom. The van der Waals surface area contributed by atoms with E-state index in [0.29, 0.717) is 24.7 Å². The molecule has 0 aromatic heterocycles. The van der Waals surface area contributed by atoms with Gasteiger partial charge in [0.25, 0.3) is 0 Å². The second-order valence-electron chi connectivity index (χ2n) is 5.98. The van der Waals surface area contributed by atoms with Crippen molar-refractivity contribution in [2.24, 2.45) is 11.8 Å². The Kier molecular flexibility index (Phi) is 6.03. The number of rotatable bonds is 4. The predicted molar refractivity (Wildman–Crippen MR) is 70.3 cm³/mol. The van der Waals surface area contributed by atoms with Crippen LogP contribution in [0.4, 0.5) is 26.3 Å². The average molecular weight is 385 g/mol. The number of alkyl halides is 7. The van der Waals surface area contributed by atoms with Crippen molar-refractivity contribution in [3.8, 4) is 0 Å². The standard InChI is InChI=1S/C13H19BrF6O/c1-8(2)9-3-5-11(7-14,6-4-9)21-10(12(15,16)17)13(18,19)20/h8-10H,3-7H2,1-2H3. The molecule has 0 amide bonds. The molecule has 0 aromatic rings. The van der Waals surface area contributed by atoms with Crippen LogP contribution in [0.25, 0.3) is 0 Å². The molecule has 0 N–H and O–H groups in total. The number of ether oxygens (including phenoxy) is 1. The smallest absolute Gasteiger partial charge is 0.353 e.